The number of benzene rings is 1. The summed E-state index contributed by atoms with van der Waals surface area (Å²) in [5, 5.41) is 3.01. The van der Waals surface area contributed by atoms with Crippen molar-refractivity contribution in [3.8, 4) is 5.75 Å². The molecule has 0 heterocycles. The molecule has 0 radical (unpaired) electrons. The van der Waals surface area contributed by atoms with Crippen molar-refractivity contribution in [3.63, 3.8) is 0 Å². The summed E-state index contributed by atoms with van der Waals surface area (Å²) < 4.78 is 10.7. The lowest BCUT2D eigenvalue weighted by molar-refractivity contribution is -0.157. The van der Waals surface area contributed by atoms with Crippen LogP contribution in [0.15, 0.2) is 18.2 Å². The summed E-state index contributed by atoms with van der Waals surface area (Å²) >= 11 is 0. The zero-order valence-electron chi connectivity index (χ0n) is 15.6. The Bertz CT molecular complexity index is 614. The van der Waals surface area contributed by atoms with Gasteiger partial charge in [0.05, 0.1) is 0 Å². The first-order valence-electron chi connectivity index (χ1n) is 9.06. The summed E-state index contributed by atoms with van der Waals surface area (Å²) in [6.45, 7) is 7.46. The van der Waals surface area contributed by atoms with Crippen LogP contribution < -0.4 is 10.1 Å². The van der Waals surface area contributed by atoms with E-state index in [4.69, 9.17) is 9.47 Å². The molecule has 1 aliphatic rings. The number of aryl methyl sites for hydroxylation is 2. The van der Waals surface area contributed by atoms with Crippen LogP contribution in [0.25, 0.3) is 0 Å². The first-order valence-corrected chi connectivity index (χ1v) is 9.06. The topological polar surface area (TPSA) is 64.6 Å². The normalized spacial score (nSPS) is 21.3. The number of nitrogens with one attached hydrogen (secondary N) is 1. The van der Waals surface area contributed by atoms with Crippen molar-refractivity contribution in [2.75, 3.05) is 6.61 Å². The monoisotopic (exact) mass is 347 g/mol. The van der Waals surface area contributed by atoms with Crippen molar-refractivity contribution in [2.24, 2.45) is 5.92 Å². The highest BCUT2D eigenvalue weighted by Crippen LogP contribution is 2.24. The van der Waals surface area contributed by atoms with E-state index in [0.29, 0.717) is 11.7 Å². The van der Waals surface area contributed by atoms with Gasteiger partial charge in [-0.1, -0.05) is 37.5 Å². The summed E-state index contributed by atoms with van der Waals surface area (Å²) in [4.78, 5) is 24.2. The third-order valence-corrected chi connectivity index (χ3v) is 4.79. The number of hydrogen-bond donors (Lipinski definition) is 1. The average Bonchev–Trinajstić information content (AvgIpc) is 2.56. The van der Waals surface area contributed by atoms with Gasteiger partial charge in [-0.25, -0.2) is 4.79 Å². The second-order valence-corrected chi connectivity index (χ2v) is 7.07. The Morgan fingerprint density at radius 2 is 1.96 bits per heavy atom. The molecule has 0 bridgehead atoms. The second kappa shape index (κ2) is 8.88. The summed E-state index contributed by atoms with van der Waals surface area (Å²) in [7, 11) is 0. The van der Waals surface area contributed by atoms with Crippen LogP contribution in [-0.4, -0.2) is 30.6 Å². The lowest BCUT2D eigenvalue weighted by Gasteiger charge is -2.30. The van der Waals surface area contributed by atoms with Gasteiger partial charge in [0.15, 0.2) is 12.7 Å². The van der Waals surface area contributed by atoms with Gasteiger partial charge in [-0.2, -0.15) is 0 Å². The fourth-order valence-corrected chi connectivity index (χ4v) is 3.21. The van der Waals surface area contributed by atoms with E-state index in [2.05, 4.69) is 12.2 Å². The maximum atomic E-state index is 12.2. The standard InChI is InChI=1S/C20H29NO4/c1-13-9-10-18(15(3)11-13)24-12-19(22)25-16(4)20(23)21-17-8-6-5-7-14(17)2/h9-11,14,16-17H,5-8,12H2,1-4H3,(H,21,23)/t14-,16+,17-/m0/s1. The average molecular weight is 347 g/mol. The second-order valence-electron chi connectivity index (χ2n) is 7.07. The van der Waals surface area contributed by atoms with Crippen molar-refractivity contribution in [1.82, 2.24) is 5.32 Å². The van der Waals surface area contributed by atoms with Gasteiger partial charge in [-0.15, -0.1) is 0 Å². The Kier molecular flexibility index (Phi) is 6.85. The number of esters is 1. The Morgan fingerprint density at radius 1 is 1.24 bits per heavy atom. The fourth-order valence-electron chi connectivity index (χ4n) is 3.21. The molecule has 2 rings (SSSR count). The quantitative estimate of drug-likeness (QED) is 0.802. The van der Waals surface area contributed by atoms with Crippen LogP contribution in [0.1, 0.15) is 50.7 Å². The molecule has 0 aliphatic heterocycles. The smallest absolute Gasteiger partial charge is 0.344 e. The van der Waals surface area contributed by atoms with Crippen molar-refractivity contribution in [2.45, 2.75) is 65.5 Å². The molecule has 1 amide bonds. The van der Waals surface area contributed by atoms with Gasteiger partial charge in [0, 0.05) is 6.04 Å². The van der Waals surface area contributed by atoms with E-state index in [-0.39, 0.29) is 18.6 Å². The highest BCUT2D eigenvalue weighted by atomic mass is 16.6. The Morgan fingerprint density at radius 3 is 2.64 bits per heavy atom. The molecule has 0 unspecified atom stereocenters. The number of amides is 1. The van der Waals surface area contributed by atoms with Crippen LogP contribution in [-0.2, 0) is 14.3 Å². The maximum Gasteiger partial charge on any atom is 0.344 e. The first kappa shape index (κ1) is 19.3. The van der Waals surface area contributed by atoms with Gasteiger partial charge in [0.1, 0.15) is 5.75 Å². The van der Waals surface area contributed by atoms with Crippen LogP contribution in [0.2, 0.25) is 0 Å². The SMILES string of the molecule is Cc1ccc(OCC(=O)O[C@H](C)C(=O)N[C@H]2CCCC[C@@H]2C)c(C)c1. The molecule has 1 fully saturated rings. The molecule has 5 nitrogen and oxygen atoms in total. The van der Waals surface area contributed by atoms with E-state index in [1.54, 1.807) is 6.92 Å². The number of hydrogen-bond acceptors (Lipinski definition) is 4. The van der Waals surface area contributed by atoms with Crippen molar-refractivity contribution >= 4 is 11.9 Å². The lowest BCUT2D eigenvalue weighted by Crippen LogP contribution is -2.46. The molecule has 1 aromatic carbocycles. The number of rotatable bonds is 6. The van der Waals surface area contributed by atoms with Crippen LogP contribution in [0.5, 0.6) is 5.75 Å². The molecule has 0 saturated heterocycles. The van der Waals surface area contributed by atoms with Gasteiger partial charge in [0.25, 0.3) is 5.91 Å². The minimum Gasteiger partial charge on any atom is -0.482 e. The third kappa shape index (κ3) is 5.76. The molecular formula is C20H29NO4. The van der Waals surface area contributed by atoms with Gasteiger partial charge < -0.3 is 14.8 Å². The zero-order chi connectivity index (χ0) is 18.4. The van der Waals surface area contributed by atoms with E-state index < -0.39 is 12.1 Å². The third-order valence-electron chi connectivity index (χ3n) is 4.79. The van der Waals surface area contributed by atoms with Gasteiger partial charge >= 0.3 is 5.97 Å². The number of ether oxygens (including phenoxy) is 2. The van der Waals surface area contributed by atoms with Crippen molar-refractivity contribution < 1.29 is 19.1 Å². The van der Waals surface area contributed by atoms with Gasteiger partial charge in [-0.3, -0.25) is 4.79 Å². The largest absolute Gasteiger partial charge is 0.482 e. The Hall–Kier alpha value is -2.04. The molecule has 138 valence electrons. The van der Waals surface area contributed by atoms with E-state index in [9.17, 15) is 9.59 Å². The molecule has 1 saturated carbocycles. The molecular weight excluding hydrogens is 318 g/mol. The van der Waals surface area contributed by atoms with Crippen molar-refractivity contribution in [3.05, 3.63) is 29.3 Å². The van der Waals surface area contributed by atoms with Crippen LogP contribution in [0.3, 0.4) is 0 Å². The molecule has 25 heavy (non-hydrogen) atoms. The van der Waals surface area contributed by atoms with Crippen LogP contribution in [0, 0.1) is 19.8 Å². The summed E-state index contributed by atoms with van der Waals surface area (Å²) in [6, 6.07) is 5.92. The Balaban J connectivity index is 1.77. The predicted molar refractivity (Wildman–Crippen MR) is 96.5 cm³/mol. The molecule has 5 heteroatoms. The van der Waals surface area contributed by atoms with E-state index in [1.807, 2.05) is 32.0 Å². The van der Waals surface area contributed by atoms with Crippen LogP contribution >= 0.6 is 0 Å². The zero-order valence-corrected chi connectivity index (χ0v) is 15.6. The summed E-state index contributed by atoms with van der Waals surface area (Å²) in [6.07, 6.45) is 3.65. The summed E-state index contributed by atoms with van der Waals surface area (Å²) in [5.41, 5.74) is 2.10. The molecule has 1 N–H and O–H groups in total. The van der Waals surface area contributed by atoms with E-state index in [0.717, 1.165) is 30.4 Å². The first-order chi connectivity index (χ1) is 11.9. The molecule has 3 atom stereocenters. The predicted octanol–water partition coefficient (Wildman–Crippen LogP) is 3.31. The number of carbonyl (C=O) groups is 2. The lowest BCUT2D eigenvalue weighted by atomic mass is 9.86. The summed E-state index contributed by atoms with van der Waals surface area (Å²) in [5.74, 6) is 0.335. The fraction of sp³-hybridized carbons (Fsp3) is 0.600. The molecule has 0 spiro atoms. The maximum absolute atomic E-state index is 12.2. The minimum atomic E-state index is -0.815. The Labute approximate surface area is 150 Å². The van der Waals surface area contributed by atoms with Gasteiger partial charge in [-0.05, 0) is 51.2 Å². The van der Waals surface area contributed by atoms with Crippen molar-refractivity contribution in [1.29, 1.82) is 0 Å². The molecule has 1 aromatic rings. The minimum absolute atomic E-state index is 0.175. The number of carbonyl (C=O) groups excluding carboxylic acids is 2. The molecule has 0 aromatic heterocycles. The highest BCUT2D eigenvalue weighted by molar-refractivity contribution is 5.83. The molecule has 1 aliphatic carbocycles. The van der Waals surface area contributed by atoms with E-state index >= 15 is 0 Å². The highest BCUT2D eigenvalue weighted by Gasteiger charge is 2.26. The van der Waals surface area contributed by atoms with Crippen LogP contribution in [0.4, 0.5) is 0 Å². The van der Waals surface area contributed by atoms with Gasteiger partial charge in [0.2, 0.25) is 0 Å². The van der Waals surface area contributed by atoms with E-state index in [1.165, 1.54) is 6.42 Å².